The lowest BCUT2D eigenvalue weighted by molar-refractivity contribution is -0.131. The van der Waals surface area contributed by atoms with Crippen LogP contribution in [-0.4, -0.2) is 47.8 Å². The normalized spacial score (nSPS) is 14.4. The predicted molar refractivity (Wildman–Crippen MR) is 103 cm³/mol. The minimum Gasteiger partial charge on any atom is -0.399 e. The van der Waals surface area contributed by atoms with E-state index in [1.54, 1.807) is 17.0 Å². The summed E-state index contributed by atoms with van der Waals surface area (Å²) < 4.78 is 0. The van der Waals surface area contributed by atoms with Gasteiger partial charge in [-0.2, -0.15) is 0 Å². The van der Waals surface area contributed by atoms with Crippen molar-refractivity contribution in [3.63, 3.8) is 0 Å². The molecule has 0 radical (unpaired) electrons. The van der Waals surface area contributed by atoms with Crippen molar-refractivity contribution in [2.24, 2.45) is 0 Å². The molecule has 1 fully saturated rings. The Morgan fingerprint density at radius 3 is 2.27 bits per heavy atom. The van der Waals surface area contributed by atoms with Gasteiger partial charge in [-0.15, -0.1) is 0 Å². The van der Waals surface area contributed by atoms with Crippen LogP contribution in [0.3, 0.4) is 0 Å². The van der Waals surface area contributed by atoms with Crippen LogP contribution in [-0.2, 0) is 11.2 Å². The summed E-state index contributed by atoms with van der Waals surface area (Å²) in [5, 5.41) is 0. The Kier molecular flexibility index (Phi) is 5.26. The third-order valence-electron chi connectivity index (χ3n) is 5.01. The topological polar surface area (TPSA) is 66.6 Å². The van der Waals surface area contributed by atoms with E-state index in [9.17, 15) is 9.59 Å². The summed E-state index contributed by atoms with van der Waals surface area (Å²) in [5.41, 5.74) is 10.2. The fraction of sp³-hybridized carbons (Fsp3) is 0.333. The molecule has 0 spiro atoms. The molecular weight excluding hydrogens is 326 g/mol. The van der Waals surface area contributed by atoms with Crippen molar-refractivity contribution in [2.75, 3.05) is 31.9 Å². The van der Waals surface area contributed by atoms with Crippen LogP contribution in [0.5, 0.6) is 0 Å². The number of amides is 2. The molecular formula is C21H25N3O2. The largest absolute Gasteiger partial charge is 0.399 e. The molecule has 0 atom stereocenters. The number of hydrogen-bond donors (Lipinski definition) is 1. The van der Waals surface area contributed by atoms with Crippen LogP contribution in [0.1, 0.15) is 27.0 Å². The Balaban J connectivity index is 1.60. The quantitative estimate of drug-likeness (QED) is 0.864. The summed E-state index contributed by atoms with van der Waals surface area (Å²) in [4.78, 5) is 29.0. The van der Waals surface area contributed by atoms with Gasteiger partial charge in [-0.25, -0.2) is 0 Å². The first-order valence-electron chi connectivity index (χ1n) is 8.93. The second-order valence-corrected chi connectivity index (χ2v) is 6.85. The van der Waals surface area contributed by atoms with E-state index < -0.39 is 0 Å². The number of piperazine rings is 1. The summed E-state index contributed by atoms with van der Waals surface area (Å²) in [5.74, 6) is 0.104. The van der Waals surface area contributed by atoms with E-state index in [-0.39, 0.29) is 11.8 Å². The highest BCUT2D eigenvalue weighted by molar-refractivity contribution is 5.96. The lowest BCUT2D eigenvalue weighted by Gasteiger charge is -2.35. The number of nitrogens with zero attached hydrogens (tertiary/aromatic N) is 2. The molecule has 0 aliphatic carbocycles. The zero-order valence-corrected chi connectivity index (χ0v) is 15.4. The van der Waals surface area contributed by atoms with Gasteiger partial charge in [-0.1, -0.05) is 30.3 Å². The molecule has 0 unspecified atom stereocenters. The standard InChI is InChI=1S/C21H25N3O2/c1-15-5-3-4-6-17(15)13-20(25)23-9-11-24(12-10-23)21(26)19-14-18(22)8-7-16(19)2/h3-8,14H,9-13,22H2,1-2H3. The molecule has 136 valence electrons. The Morgan fingerprint density at radius 1 is 0.923 bits per heavy atom. The monoisotopic (exact) mass is 351 g/mol. The maximum atomic E-state index is 12.8. The van der Waals surface area contributed by atoms with Gasteiger partial charge >= 0.3 is 0 Å². The number of benzene rings is 2. The number of aryl methyl sites for hydroxylation is 2. The highest BCUT2D eigenvalue weighted by atomic mass is 16.2. The molecule has 1 heterocycles. The van der Waals surface area contributed by atoms with Gasteiger partial charge in [0.25, 0.3) is 5.91 Å². The van der Waals surface area contributed by atoms with Gasteiger partial charge in [0, 0.05) is 37.4 Å². The first-order valence-corrected chi connectivity index (χ1v) is 8.93. The van der Waals surface area contributed by atoms with Gasteiger partial charge < -0.3 is 15.5 Å². The molecule has 26 heavy (non-hydrogen) atoms. The number of nitrogens with two attached hydrogens (primary N) is 1. The van der Waals surface area contributed by atoms with Gasteiger partial charge in [-0.05, 0) is 42.7 Å². The number of anilines is 1. The van der Waals surface area contributed by atoms with Crippen molar-refractivity contribution < 1.29 is 9.59 Å². The number of carbonyl (C=O) groups excluding carboxylic acids is 2. The average Bonchev–Trinajstić information content (AvgIpc) is 2.65. The van der Waals surface area contributed by atoms with Crippen LogP contribution < -0.4 is 5.73 Å². The van der Waals surface area contributed by atoms with Crippen molar-refractivity contribution in [3.05, 3.63) is 64.7 Å². The maximum absolute atomic E-state index is 12.8. The molecule has 1 saturated heterocycles. The van der Waals surface area contributed by atoms with Gasteiger partial charge in [-0.3, -0.25) is 9.59 Å². The fourth-order valence-electron chi connectivity index (χ4n) is 3.28. The highest BCUT2D eigenvalue weighted by Crippen LogP contribution is 2.17. The Labute approximate surface area is 154 Å². The second kappa shape index (κ2) is 7.60. The molecule has 2 amide bonds. The summed E-state index contributed by atoms with van der Waals surface area (Å²) >= 11 is 0. The minimum absolute atomic E-state index is 0.0131. The van der Waals surface area contributed by atoms with Crippen molar-refractivity contribution in [1.29, 1.82) is 0 Å². The number of nitrogen functional groups attached to an aromatic ring is 1. The molecule has 1 aliphatic rings. The van der Waals surface area contributed by atoms with Gasteiger partial charge in [0.15, 0.2) is 0 Å². The van der Waals surface area contributed by atoms with E-state index in [0.29, 0.717) is 43.9 Å². The third kappa shape index (κ3) is 3.87. The van der Waals surface area contributed by atoms with Crippen LogP contribution in [0.25, 0.3) is 0 Å². The molecule has 0 saturated carbocycles. The molecule has 5 heteroatoms. The average molecular weight is 351 g/mol. The smallest absolute Gasteiger partial charge is 0.254 e. The van der Waals surface area contributed by atoms with E-state index in [1.807, 2.05) is 49.1 Å². The van der Waals surface area contributed by atoms with Crippen molar-refractivity contribution in [2.45, 2.75) is 20.3 Å². The maximum Gasteiger partial charge on any atom is 0.254 e. The molecule has 5 nitrogen and oxygen atoms in total. The van der Waals surface area contributed by atoms with E-state index in [0.717, 1.165) is 16.7 Å². The highest BCUT2D eigenvalue weighted by Gasteiger charge is 2.25. The van der Waals surface area contributed by atoms with Crippen LogP contribution in [0.4, 0.5) is 5.69 Å². The summed E-state index contributed by atoms with van der Waals surface area (Å²) in [7, 11) is 0. The zero-order chi connectivity index (χ0) is 18.7. The van der Waals surface area contributed by atoms with Gasteiger partial charge in [0.1, 0.15) is 0 Å². The number of carbonyl (C=O) groups is 2. The molecule has 3 rings (SSSR count). The Hall–Kier alpha value is -2.82. The van der Waals surface area contributed by atoms with Crippen LogP contribution >= 0.6 is 0 Å². The van der Waals surface area contributed by atoms with Gasteiger partial charge in [0.2, 0.25) is 5.91 Å². The molecule has 2 aromatic carbocycles. The molecule has 2 N–H and O–H groups in total. The third-order valence-corrected chi connectivity index (χ3v) is 5.01. The summed E-state index contributed by atoms with van der Waals surface area (Å²) in [6, 6.07) is 13.3. The fourth-order valence-corrected chi connectivity index (χ4v) is 3.28. The number of hydrogen-bond acceptors (Lipinski definition) is 3. The predicted octanol–water partition coefficient (Wildman–Crippen LogP) is 2.41. The van der Waals surface area contributed by atoms with Crippen molar-refractivity contribution in [1.82, 2.24) is 9.80 Å². The van der Waals surface area contributed by atoms with Gasteiger partial charge in [0.05, 0.1) is 6.42 Å². The Bertz CT molecular complexity index is 824. The summed E-state index contributed by atoms with van der Waals surface area (Å²) in [6.45, 7) is 6.16. The SMILES string of the molecule is Cc1ccccc1CC(=O)N1CCN(C(=O)c2cc(N)ccc2C)CC1. The first-order chi connectivity index (χ1) is 12.5. The minimum atomic E-state index is -0.0131. The van der Waals surface area contributed by atoms with E-state index in [4.69, 9.17) is 5.73 Å². The van der Waals surface area contributed by atoms with E-state index in [2.05, 4.69) is 0 Å². The first kappa shape index (κ1) is 18.0. The van der Waals surface area contributed by atoms with E-state index in [1.165, 1.54) is 0 Å². The number of rotatable bonds is 3. The Morgan fingerprint density at radius 2 is 1.58 bits per heavy atom. The molecule has 0 bridgehead atoms. The summed E-state index contributed by atoms with van der Waals surface area (Å²) in [6.07, 6.45) is 0.412. The van der Waals surface area contributed by atoms with Crippen molar-refractivity contribution in [3.8, 4) is 0 Å². The van der Waals surface area contributed by atoms with E-state index >= 15 is 0 Å². The van der Waals surface area contributed by atoms with Crippen LogP contribution in [0, 0.1) is 13.8 Å². The molecule has 2 aromatic rings. The second-order valence-electron chi connectivity index (χ2n) is 6.85. The zero-order valence-electron chi connectivity index (χ0n) is 15.4. The van der Waals surface area contributed by atoms with Crippen LogP contribution in [0.15, 0.2) is 42.5 Å². The molecule has 1 aliphatic heterocycles. The lowest BCUT2D eigenvalue weighted by atomic mass is 10.0. The van der Waals surface area contributed by atoms with Crippen LogP contribution in [0.2, 0.25) is 0 Å². The van der Waals surface area contributed by atoms with Crippen molar-refractivity contribution >= 4 is 17.5 Å². The molecule has 0 aromatic heterocycles. The lowest BCUT2D eigenvalue weighted by Crippen LogP contribution is -2.51.